The number of anilines is 1. The van der Waals surface area contributed by atoms with Gasteiger partial charge in [-0.1, -0.05) is 17.4 Å². The van der Waals surface area contributed by atoms with Gasteiger partial charge in [0.05, 0.1) is 26.9 Å². The normalized spacial score (nSPS) is 11.8. The second kappa shape index (κ2) is 8.98. The lowest BCUT2D eigenvalue weighted by molar-refractivity contribution is -0.384. The van der Waals surface area contributed by atoms with E-state index in [-0.39, 0.29) is 16.4 Å². The van der Waals surface area contributed by atoms with Gasteiger partial charge < -0.3 is 0 Å². The highest BCUT2D eigenvalue weighted by Crippen LogP contribution is 2.32. The van der Waals surface area contributed by atoms with E-state index >= 15 is 0 Å². The third kappa shape index (κ3) is 4.91. The summed E-state index contributed by atoms with van der Waals surface area (Å²) in [5, 5.41) is 15.7. The number of non-ortho nitro benzene ring substituents is 1. The van der Waals surface area contributed by atoms with Gasteiger partial charge in [-0.05, 0) is 54.1 Å². The number of hydrogen-bond donors (Lipinski definition) is 0. The lowest BCUT2D eigenvalue weighted by Gasteiger charge is -2.15. The molecule has 12 heteroatoms. The van der Waals surface area contributed by atoms with E-state index in [4.69, 9.17) is 0 Å². The predicted molar refractivity (Wildman–Crippen MR) is 119 cm³/mol. The number of fused-ring (bicyclic) bond motifs is 1. The molecule has 1 amide bonds. The molecule has 1 heterocycles. The maximum atomic E-state index is 13.6. The van der Waals surface area contributed by atoms with E-state index in [9.17, 15) is 32.5 Å². The highest BCUT2D eigenvalue weighted by Gasteiger charge is 2.32. The Bertz CT molecular complexity index is 1420. The number of alkyl halides is 3. The van der Waals surface area contributed by atoms with Crippen molar-refractivity contribution in [1.29, 1.82) is 0 Å². The summed E-state index contributed by atoms with van der Waals surface area (Å²) >= 11 is 0.922. The maximum absolute atomic E-state index is 13.6. The average molecular weight is 488 g/mol. The van der Waals surface area contributed by atoms with Crippen molar-refractivity contribution >= 4 is 44.5 Å². The molecule has 7 nitrogen and oxygen atoms in total. The van der Waals surface area contributed by atoms with Crippen LogP contribution >= 0.6 is 11.3 Å². The van der Waals surface area contributed by atoms with E-state index < -0.39 is 28.4 Å². The summed E-state index contributed by atoms with van der Waals surface area (Å²) in [6.07, 6.45) is -3.45. The first-order chi connectivity index (χ1) is 16.1. The molecule has 4 rings (SSSR count). The van der Waals surface area contributed by atoms with Crippen LogP contribution in [0.4, 0.5) is 28.4 Å². The van der Waals surface area contributed by atoms with Crippen molar-refractivity contribution < 1.29 is 27.3 Å². The number of aromatic nitrogens is 1. The molecule has 0 aliphatic carbocycles. The number of nitro benzene ring substituents is 1. The van der Waals surface area contributed by atoms with E-state index in [0.29, 0.717) is 21.8 Å². The van der Waals surface area contributed by atoms with Gasteiger partial charge >= 0.3 is 6.18 Å². The zero-order chi connectivity index (χ0) is 24.5. The number of rotatable bonds is 5. The summed E-state index contributed by atoms with van der Waals surface area (Å²) in [6, 6.07) is 12.9. The molecule has 0 atom stereocenters. The number of nitrogens with zero attached hydrogens (tertiary/aromatic N) is 4. The summed E-state index contributed by atoms with van der Waals surface area (Å²) < 4.78 is 53.4. The van der Waals surface area contributed by atoms with Crippen LogP contribution in [0, 0.1) is 15.9 Å². The highest BCUT2D eigenvalue weighted by atomic mass is 32.1. The molecule has 0 fully saturated rings. The molecular formula is C22H12F4N4O3S. The topological polar surface area (TPSA) is 88.7 Å². The molecule has 0 spiro atoms. The number of nitro groups is 1. The third-order valence-electron chi connectivity index (χ3n) is 4.58. The van der Waals surface area contributed by atoms with Crippen molar-refractivity contribution in [3.63, 3.8) is 0 Å². The summed E-state index contributed by atoms with van der Waals surface area (Å²) in [5.74, 6) is -1.42. The molecule has 1 aromatic heterocycles. The van der Waals surface area contributed by atoms with E-state index in [1.165, 1.54) is 54.7 Å². The second-order valence-electron chi connectivity index (χ2n) is 6.90. The van der Waals surface area contributed by atoms with E-state index in [1.807, 2.05) is 0 Å². The number of halogens is 4. The minimum Gasteiger partial charge on any atom is -0.267 e. The van der Waals surface area contributed by atoms with Crippen molar-refractivity contribution in [2.75, 3.05) is 5.01 Å². The smallest absolute Gasteiger partial charge is 0.267 e. The van der Waals surface area contributed by atoms with Crippen molar-refractivity contribution in [2.24, 2.45) is 5.10 Å². The van der Waals surface area contributed by atoms with E-state index in [0.717, 1.165) is 28.5 Å². The SMILES string of the molecule is O=C(c1cccc(C(F)(F)F)c1)N(/N=C/c1ccc([N+](=O)[O-])cc1)c1nc2ccc(F)cc2s1. The van der Waals surface area contributed by atoms with Crippen LogP contribution < -0.4 is 5.01 Å². The average Bonchev–Trinajstić information content (AvgIpc) is 3.21. The predicted octanol–water partition coefficient (Wildman–Crippen LogP) is 6.04. The standard InChI is InChI=1S/C22H12F4N4O3S/c23-16-6-9-18-19(11-16)34-21(28-18)29(27-12-13-4-7-17(8-5-13)30(32)33)20(31)14-2-1-3-15(10-14)22(24,25)26/h1-12H/b27-12+. The van der Waals surface area contributed by atoms with Crippen LogP contribution in [-0.4, -0.2) is 22.0 Å². The Balaban J connectivity index is 1.75. The first kappa shape index (κ1) is 23.0. The molecule has 0 bridgehead atoms. The van der Waals surface area contributed by atoms with Gasteiger partial charge in [-0.25, -0.2) is 9.37 Å². The summed E-state index contributed by atoms with van der Waals surface area (Å²) in [7, 11) is 0. The molecule has 0 saturated heterocycles. The van der Waals surface area contributed by atoms with E-state index in [1.54, 1.807) is 0 Å². The fourth-order valence-corrected chi connectivity index (χ4v) is 3.87. The molecule has 0 aliphatic heterocycles. The number of benzene rings is 3. The lowest BCUT2D eigenvalue weighted by Crippen LogP contribution is -2.26. The summed E-state index contributed by atoms with van der Waals surface area (Å²) in [5.41, 5.74) is -0.694. The Morgan fingerprint density at radius 3 is 2.50 bits per heavy atom. The fraction of sp³-hybridized carbons (Fsp3) is 0.0455. The van der Waals surface area contributed by atoms with Crippen LogP contribution in [0.1, 0.15) is 21.5 Å². The first-order valence-corrected chi connectivity index (χ1v) is 10.3. The molecule has 172 valence electrons. The number of amides is 1. The Hall–Kier alpha value is -4.19. The van der Waals surface area contributed by atoms with Crippen molar-refractivity contribution in [2.45, 2.75) is 6.18 Å². The van der Waals surface area contributed by atoms with Gasteiger partial charge in [0, 0.05) is 17.7 Å². The molecule has 0 aliphatic rings. The van der Waals surface area contributed by atoms with Crippen LogP contribution in [0.2, 0.25) is 0 Å². The van der Waals surface area contributed by atoms with Gasteiger partial charge in [0.25, 0.3) is 11.6 Å². The Morgan fingerprint density at radius 1 is 1.09 bits per heavy atom. The van der Waals surface area contributed by atoms with Gasteiger partial charge in [0.1, 0.15) is 5.82 Å². The molecule has 34 heavy (non-hydrogen) atoms. The lowest BCUT2D eigenvalue weighted by atomic mass is 10.1. The minimum absolute atomic E-state index is 0.00109. The number of hydrogen-bond acceptors (Lipinski definition) is 6. The van der Waals surface area contributed by atoms with Crippen LogP contribution in [0.5, 0.6) is 0 Å². The molecule has 3 aromatic carbocycles. The van der Waals surface area contributed by atoms with Crippen LogP contribution in [0.15, 0.2) is 71.8 Å². The van der Waals surface area contributed by atoms with Gasteiger partial charge in [-0.3, -0.25) is 14.9 Å². The largest absolute Gasteiger partial charge is 0.416 e. The molecule has 0 saturated carbocycles. The Kier molecular flexibility index (Phi) is 6.07. The molecule has 0 unspecified atom stereocenters. The Morgan fingerprint density at radius 2 is 1.82 bits per heavy atom. The summed E-state index contributed by atoms with van der Waals surface area (Å²) in [6.45, 7) is 0. The summed E-state index contributed by atoms with van der Waals surface area (Å²) in [4.78, 5) is 27.7. The zero-order valence-corrected chi connectivity index (χ0v) is 17.7. The quantitative estimate of drug-likeness (QED) is 0.148. The van der Waals surface area contributed by atoms with Crippen LogP contribution in [-0.2, 0) is 6.18 Å². The fourth-order valence-electron chi connectivity index (χ4n) is 2.92. The minimum atomic E-state index is -4.66. The zero-order valence-electron chi connectivity index (χ0n) is 16.9. The van der Waals surface area contributed by atoms with Crippen molar-refractivity contribution in [3.05, 3.63) is 99.4 Å². The number of carbonyl (C=O) groups excluding carboxylic acids is 1. The molecular weight excluding hydrogens is 476 g/mol. The molecule has 0 radical (unpaired) electrons. The van der Waals surface area contributed by atoms with Crippen LogP contribution in [0.25, 0.3) is 10.2 Å². The van der Waals surface area contributed by atoms with Crippen molar-refractivity contribution in [3.8, 4) is 0 Å². The van der Waals surface area contributed by atoms with Gasteiger partial charge in [0.15, 0.2) is 0 Å². The highest BCUT2D eigenvalue weighted by molar-refractivity contribution is 7.22. The Labute approximate surface area is 192 Å². The third-order valence-corrected chi connectivity index (χ3v) is 5.57. The second-order valence-corrected chi connectivity index (χ2v) is 7.91. The van der Waals surface area contributed by atoms with Crippen LogP contribution in [0.3, 0.4) is 0 Å². The number of carbonyl (C=O) groups is 1. The van der Waals surface area contributed by atoms with Gasteiger partial charge in [-0.15, -0.1) is 0 Å². The monoisotopic (exact) mass is 488 g/mol. The van der Waals surface area contributed by atoms with Gasteiger partial charge in [-0.2, -0.15) is 23.3 Å². The first-order valence-electron chi connectivity index (χ1n) is 9.48. The van der Waals surface area contributed by atoms with E-state index in [2.05, 4.69) is 10.1 Å². The number of thiazole rings is 1. The molecule has 4 aromatic rings. The van der Waals surface area contributed by atoms with Crippen molar-refractivity contribution in [1.82, 2.24) is 4.98 Å². The van der Waals surface area contributed by atoms with Gasteiger partial charge in [0.2, 0.25) is 5.13 Å². The molecule has 0 N–H and O–H groups in total. The maximum Gasteiger partial charge on any atom is 0.416 e. The number of hydrazone groups is 1.